The van der Waals surface area contributed by atoms with Gasteiger partial charge in [-0.2, -0.15) is 0 Å². The van der Waals surface area contributed by atoms with Gasteiger partial charge in [0.2, 0.25) is 0 Å². The molecular weight excluding hydrogens is 340 g/mol. The van der Waals surface area contributed by atoms with Gasteiger partial charge in [0.05, 0.1) is 11.4 Å². The van der Waals surface area contributed by atoms with Crippen LogP contribution < -0.4 is 0 Å². The number of fused-ring (bicyclic) bond motifs is 6. The summed E-state index contributed by atoms with van der Waals surface area (Å²) >= 11 is 0. The van der Waals surface area contributed by atoms with Crippen LogP contribution in [0.4, 0.5) is 11.4 Å². The van der Waals surface area contributed by atoms with Crippen molar-refractivity contribution in [3.05, 3.63) is 108 Å². The molecule has 5 rings (SSSR count). The van der Waals surface area contributed by atoms with E-state index in [2.05, 4.69) is 72.8 Å². The molecule has 1 heterocycles. The SMILES string of the molecule is C1=Nc2ccccc2-c2ccccc2N=Cc2ccccc2-c2ccccc21. The summed E-state index contributed by atoms with van der Waals surface area (Å²) in [5.41, 5.74) is 8.52. The van der Waals surface area contributed by atoms with Crippen LogP contribution in [0.1, 0.15) is 11.1 Å². The van der Waals surface area contributed by atoms with Crippen molar-refractivity contribution >= 4 is 23.8 Å². The lowest BCUT2D eigenvalue weighted by molar-refractivity contribution is 1.47. The smallest absolute Gasteiger partial charge is 0.0709 e. The maximum atomic E-state index is 4.86. The zero-order chi connectivity index (χ0) is 18.8. The molecule has 0 aliphatic carbocycles. The first-order chi connectivity index (χ1) is 13.9. The van der Waals surface area contributed by atoms with Crippen LogP contribution in [-0.2, 0) is 0 Å². The minimum Gasteiger partial charge on any atom is -0.256 e. The molecule has 4 aromatic carbocycles. The average molecular weight is 358 g/mol. The molecule has 0 radical (unpaired) electrons. The molecule has 4 aromatic rings. The molecule has 132 valence electrons. The van der Waals surface area contributed by atoms with Crippen molar-refractivity contribution in [3.8, 4) is 22.3 Å². The second-order valence-electron chi connectivity index (χ2n) is 6.73. The summed E-state index contributed by atoms with van der Waals surface area (Å²) in [6.45, 7) is 0. The van der Waals surface area contributed by atoms with Gasteiger partial charge in [-0.25, -0.2) is 0 Å². The summed E-state index contributed by atoms with van der Waals surface area (Å²) < 4.78 is 0. The van der Waals surface area contributed by atoms with Crippen molar-refractivity contribution in [2.45, 2.75) is 0 Å². The highest BCUT2D eigenvalue weighted by atomic mass is 14.7. The highest BCUT2D eigenvalue weighted by molar-refractivity contribution is 6.00. The number of aliphatic imine (C=N–C) groups is 2. The molecule has 1 aliphatic rings. The first kappa shape index (κ1) is 16.4. The molecule has 2 nitrogen and oxygen atoms in total. The van der Waals surface area contributed by atoms with E-state index in [-0.39, 0.29) is 0 Å². The van der Waals surface area contributed by atoms with E-state index >= 15 is 0 Å². The normalized spacial score (nSPS) is 12.0. The molecule has 2 heteroatoms. The van der Waals surface area contributed by atoms with Gasteiger partial charge in [0.1, 0.15) is 0 Å². The van der Waals surface area contributed by atoms with Crippen molar-refractivity contribution in [1.29, 1.82) is 0 Å². The summed E-state index contributed by atoms with van der Waals surface area (Å²) in [4.78, 5) is 9.71. The molecule has 1 aliphatic heterocycles. The standard InChI is InChI=1S/C26H18N2/c1-3-11-21-19(9-1)17-27-25-15-7-5-13-23(25)24-14-6-8-16-26(24)28-18-20-10-2-4-12-22(20)21/h1-18H. The predicted molar refractivity (Wildman–Crippen MR) is 118 cm³/mol. The van der Waals surface area contributed by atoms with Crippen molar-refractivity contribution in [3.63, 3.8) is 0 Å². The highest BCUT2D eigenvalue weighted by Gasteiger charge is 2.11. The fourth-order valence-corrected chi connectivity index (χ4v) is 3.62. The third kappa shape index (κ3) is 2.95. The zero-order valence-corrected chi connectivity index (χ0v) is 15.3. The van der Waals surface area contributed by atoms with Crippen LogP contribution in [0.5, 0.6) is 0 Å². The third-order valence-electron chi connectivity index (χ3n) is 5.00. The minimum atomic E-state index is 0.939. The fraction of sp³-hybridized carbons (Fsp3) is 0. The van der Waals surface area contributed by atoms with Gasteiger partial charge >= 0.3 is 0 Å². The van der Waals surface area contributed by atoms with Gasteiger partial charge in [0, 0.05) is 34.7 Å². The Morgan fingerprint density at radius 2 is 0.714 bits per heavy atom. The van der Waals surface area contributed by atoms with Gasteiger partial charge in [-0.05, 0) is 23.3 Å². The maximum absolute atomic E-state index is 4.86. The largest absolute Gasteiger partial charge is 0.256 e. The quantitative estimate of drug-likeness (QED) is 0.290. The van der Waals surface area contributed by atoms with E-state index in [0.29, 0.717) is 0 Å². The highest BCUT2D eigenvalue weighted by Crippen LogP contribution is 2.37. The monoisotopic (exact) mass is 358 g/mol. The van der Waals surface area contributed by atoms with Gasteiger partial charge in [0.15, 0.2) is 0 Å². The Morgan fingerprint density at radius 1 is 0.357 bits per heavy atom. The summed E-state index contributed by atoms with van der Waals surface area (Å²) in [5, 5.41) is 0. The topological polar surface area (TPSA) is 24.7 Å². The van der Waals surface area contributed by atoms with E-state index in [1.165, 1.54) is 0 Å². The number of benzene rings is 4. The van der Waals surface area contributed by atoms with Gasteiger partial charge < -0.3 is 0 Å². The summed E-state index contributed by atoms with van der Waals surface area (Å²) in [6, 6.07) is 33.2. The molecule has 28 heavy (non-hydrogen) atoms. The summed E-state index contributed by atoms with van der Waals surface area (Å²) in [6.07, 6.45) is 3.93. The first-order valence-corrected chi connectivity index (χ1v) is 9.35. The second kappa shape index (κ2) is 7.09. The Hall–Kier alpha value is -3.78. The Bertz CT molecular complexity index is 1030. The van der Waals surface area contributed by atoms with Crippen LogP contribution >= 0.6 is 0 Å². The van der Waals surface area contributed by atoms with E-state index in [9.17, 15) is 0 Å². The number of rotatable bonds is 0. The average Bonchev–Trinajstić information content (AvgIpc) is 2.76. The van der Waals surface area contributed by atoms with E-state index in [1.807, 2.05) is 36.7 Å². The Labute approximate surface area is 164 Å². The van der Waals surface area contributed by atoms with E-state index in [1.54, 1.807) is 0 Å². The van der Waals surface area contributed by atoms with Gasteiger partial charge in [-0.3, -0.25) is 9.98 Å². The molecule has 0 bridgehead atoms. The second-order valence-corrected chi connectivity index (χ2v) is 6.73. The summed E-state index contributed by atoms with van der Waals surface area (Å²) in [5.74, 6) is 0. The predicted octanol–water partition coefficient (Wildman–Crippen LogP) is 6.84. The van der Waals surface area contributed by atoms with Crippen LogP contribution in [-0.4, -0.2) is 12.4 Å². The molecule has 0 spiro atoms. The van der Waals surface area contributed by atoms with E-state index < -0.39 is 0 Å². The fourth-order valence-electron chi connectivity index (χ4n) is 3.62. The Balaban J connectivity index is 1.83. The Kier molecular flexibility index (Phi) is 4.15. The van der Waals surface area contributed by atoms with Crippen LogP contribution in [0, 0.1) is 0 Å². The third-order valence-corrected chi connectivity index (χ3v) is 5.00. The number of hydrogen-bond acceptors (Lipinski definition) is 2. The first-order valence-electron chi connectivity index (χ1n) is 9.35. The Morgan fingerprint density at radius 3 is 1.18 bits per heavy atom. The number of nitrogens with zero attached hydrogens (tertiary/aromatic N) is 2. The molecule has 0 aromatic heterocycles. The minimum absolute atomic E-state index is 0.939. The molecule has 0 unspecified atom stereocenters. The molecular formula is C26H18N2. The van der Waals surface area contributed by atoms with Crippen molar-refractivity contribution < 1.29 is 0 Å². The van der Waals surface area contributed by atoms with Crippen molar-refractivity contribution in [2.75, 3.05) is 0 Å². The van der Waals surface area contributed by atoms with Crippen LogP contribution in [0.15, 0.2) is 107 Å². The molecule has 0 amide bonds. The van der Waals surface area contributed by atoms with Crippen LogP contribution in [0.25, 0.3) is 22.3 Å². The lowest BCUT2D eigenvalue weighted by atomic mass is 9.95. The van der Waals surface area contributed by atoms with Crippen molar-refractivity contribution in [2.24, 2.45) is 9.98 Å². The van der Waals surface area contributed by atoms with E-state index in [4.69, 9.17) is 9.98 Å². The van der Waals surface area contributed by atoms with E-state index in [0.717, 1.165) is 44.8 Å². The molecule has 0 fully saturated rings. The molecule has 0 atom stereocenters. The zero-order valence-electron chi connectivity index (χ0n) is 15.3. The number of para-hydroxylation sites is 2. The van der Waals surface area contributed by atoms with Crippen LogP contribution in [0.2, 0.25) is 0 Å². The van der Waals surface area contributed by atoms with Crippen molar-refractivity contribution in [1.82, 2.24) is 0 Å². The van der Waals surface area contributed by atoms with Crippen LogP contribution in [0.3, 0.4) is 0 Å². The number of hydrogen-bond donors (Lipinski definition) is 0. The lowest BCUT2D eigenvalue weighted by Crippen LogP contribution is -1.94. The maximum Gasteiger partial charge on any atom is 0.0709 e. The molecule has 0 saturated heterocycles. The lowest BCUT2D eigenvalue weighted by Gasteiger charge is -2.12. The van der Waals surface area contributed by atoms with Gasteiger partial charge in [-0.1, -0.05) is 84.9 Å². The van der Waals surface area contributed by atoms with Gasteiger partial charge in [-0.15, -0.1) is 0 Å². The molecule has 0 saturated carbocycles. The summed E-state index contributed by atoms with van der Waals surface area (Å²) in [7, 11) is 0. The van der Waals surface area contributed by atoms with Gasteiger partial charge in [0.25, 0.3) is 0 Å². The molecule has 0 N–H and O–H groups in total.